The molecular formula is C13H20N2. The molecule has 1 aromatic rings. The Morgan fingerprint density at radius 1 is 1.27 bits per heavy atom. The summed E-state index contributed by atoms with van der Waals surface area (Å²) in [6.07, 6.45) is 3.99. The summed E-state index contributed by atoms with van der Waals surface area (Å²) in [5.41, 5.74) is 2.39. The summed E-state index contributed by atoms with van der Waals surface area (Å²) in [7, 11) is 0. The number of nitrogens with one attached hydrogen (secondary N) is 1. The lowest BCUT2D eigenvalue weighted by molar-refractivity contribution is 0.554. The number of aromatic nitrogens is 1. The van der Waals surface area contributed by atoms with E-state index in [1.54, 1.807) is 0 Å². The van der Waals surface area contributed by atoms with E-state index < -0.39 is 0 Å². The van der Waals surface area contributed by atoms with Crippen LogP contribution in [0.3, 0.4) is 0 Å². The molecule has 1 N–H and O–H groups in total. The minimum absolute atomic E-state index is 0.624. The summed E-state index contributed by atoms with van der Waals surface area (Å²) in [6, 6.07) is 4.88. The standard InChI is InChI=1S/C13H20N2/c1-9-7-11(3)14-13(8-9)15-12-6-4-5-10(12)2/h7-8,10,12H,4-6H2,1-3H3,(H,14,15). The van der Waals surface area contributed by atoms with Crippen molar-refractivity contribution >= 4 is 5.82 Å². The van der Waals surface area contributed by atoms with Crippen molar-refractivity contribution in [1.29, 1.82) is 0 Å². The summed E-state index contributed by atoms with van der Waals surface area (Å²) in [4.78, 5) is 4.52. The predicted octanol–water partition coefficient (Wildman–Crippen LogP) is 3.30. The van der Waals surface area contributed by atoms with Gasteiger partial charge < -0.3 is 5.32 Å². The van der Waals surface area contributed by atoms with Gasteiger partial charge in [0.15, 0.2) is 0 Å². The molecule has 1 heterocycles. The van der Waals surface area contributed by atoms with Gasteiger partial charge in [-0.2, -0.15) is 0 Å². The van der Waals surface area contributed by atoms with Gasteiger partial charge in [-0.05, 0) is 50.3 Å². The summed E-state index contributed by atoms with van der Waals surface area (Å²) in [5.74, 6) is 1.83. The van der Waals surface area contributed by atoms with Crippen LogP contribution >= 0.6 is 0 Å². The highest BCUT2D eigenvalue weighted by Crippen LogP contribution is 2.27. The highest BCUT2D eigenvalue weighted by atomic mass is 15.0. The van der Waals surface area contributed by atoms with Gasteiger partial charge in [-0.25, -0.2) is 4.98 Å². The van der Waals surface area contributed by atoms with Crippen LogP contribution in [0.15, 0.2) is 12.1 Å². The first-order valence-electron chi connectivity index (χ1n) is 5.87. The first-order chi connectivity index (χ1) is 7.15. The maximum atomic E-state index is 4.52. The topological polar surface area (TPSA) is 24.9 Å². The third-order valence-electron chi connectivity index (χ3n) is 3.29. The molecule has 15 heavy (non-hydrogen) atoms. The zero-order valence-corrected chi connectivity index (χ0v) is 9.88. The smallest absolute Gasteiger partial charge is 0.126 e. The van der Waals surface area contributed by atoms with Crippen molar-refractivity contribution in [1.82, 2.24) is 4.98 Å². The number of aryl methyl sites for hydroxylation is 2. The highest BCUT2D eigenvalue weighted by Gasteiger charge is 2.23. The Balaban J connectivity index is 2.10. The minimum atomic E-state index is 0.624. The van der Waals surface area contributed by atoms with Crippen molar-refractivity contribution < 1.29 is 0 Å². The van der Waals surface area contributed by atoms with Gasteiger partial charge in [0.1, 0.15) is 5.82 Å². The fourth-order valence-electron chi connectivity index (χ4n) is 2.47. The van der Waals surface area contributed by atoms with Gasteiger partial charge in [0.05, 0.1) is 0 Å². The minimum Gasteiger partial charge on any atom is -0.367 e. The molecule has 1 saturated carbocycles. The number of hydrogen-bond acceptors (Lipinski definition) is 2. The molecule has 0 spiro atoms. The highest BCUT2D eigenvalue weighted by molar-refractivity contribution is 5.40. The molecule has 2 unspecified atom stereocenters. The van der Waals surface area contributed by atoms with E-state index in [9.17, 15) is 0 Å². The predicted molar refractivity (Wildman–Crippen MR) is 64.1 cm³/mol. The molecule has 0 aromatic carbocycles. The second kappa shape index (κ2) is 4.21. The fourth-order valence-corrected chi connectivity index (χ4v) is 2.47. The average Bonchev–Trinajstić information content (AvgIpc) is 2.50. The van der Waals surface area contributed by atoms with Crippen molar-refractivity contribution in [2.45, 2.75) is 46.1 Å². The number of pyridine rings is 1. The zero-order valence-electron chi connectivity index (χ0n) is 9.88. The molecule has 1 fully saturated rings. The Bertz CT molecular complexity index is 326. The van der Waals surface area contributed by atoms with Gasteiger partial charge in [0, 0.05) is 11.7 Å². The van der Waals surface area contributed by atoms with Crippen LogP contribution in [0.25, 0.3) is 0 Å². The maximum absolute atomic E-state index is 4.52. The van der Waals surface area contributed by atoms with Crippen LogP contribution in [-0.4, -0.2) is 11.0 Å². The Hall–Kier alpha value is -1.05. The number of nitrogens with zero attached hydrogens (tertiary/aromatic N) is 1. The van der Waals surface area contributed by atoms with Crippen LogP contribution in [0.5, 0.6) is 0 Å². The number of anilines is 1. The molecule has 0 radical (unpaired) electrons. The Morgan fingerprint density at radius 3 is 2.67 bits per heavy atom. The largest absolute Gasteiger partial charge is 0.367 e. The van der Waals surface area contributed by atoms with E-state index in [0.717, 1.165) is 17.4 Å². The zero-order chi connectivity index (χ0) is 10.8. The second-order valence-electron chi connectivity index (χ2n) is 4.83. The van der Waals surface area contributed by atoms with E-state index >= 15 is 0 Å². The lowest BCUT2D eigenvalue weighted by Crippen LogP contribution is -2.22. The summed E-state index contributed by atoms with van der Waals surface area (Å²) < 4.78 is 0. The maximum Gasteiger partial charge on any atom is 0.126 e. The van der Waals surface area contributed by atoms with Crippen molar-refractivity contribution in [2.75, 3.05) is 5.32 Å². The number of hydrogen-bond donors (Lipinski definition) is 1. The lowest BCUT2D eigenvalue weighted by atomic mass is 10.1. The first-order valence-corrected chi connectivity index (χ1v) is 5.87. The molecule has 1 aliphatic carbocycles. The van der Waals surface area contributed by atoms with Gasteiger partial charge in [0.25, 0.3) is 0 Å². The third kappa shape index (κ3) is 2.49. The Kier molecular flexibility index (Phi) is 2.94. The third-order valence-corrected chi connectivity index (χ3v) is 3.29. The van der Waals surface area contributed by atoms with Crippen molar-refractivity contribution in [3.05, 3.63) is 23.4 Å². The molecule has 2 atom stereocenters. The van der Waals surface area contributed by atoms with E-state index in [2.05, 4.69) is 43.2 Å². The van der Waals surface area contributed by atoms with Gasteiger partial charge in [-0.15, -0.1) is 0 Å². The second-order valence-corrected chi connectivity index (χ2v) is 4.83. The molecule has 2 nitrogen and oxygen atoms in total. The van der Waals surface area contributed by atoms with Crippen molar-refractivity contribution in [3.8, 4) is 0 Å². The molecule has 2 rings (SSSR count). The fraction of sp³-hybridized carbons (Fsp3) is 0.615. The van der Waals surface area contributed by atoms with Gasteiger partial charge in [0.2, 0.25) is 0 Å². The van der Waals surface area contributed by atoms with Gasteiger partial charge in [-0.3, -0.25) is 0 Å². The molecule has 2 heteroatoms. The van der Waals surface area contributed by atoms with E-state index in [-0.39, 0.29) is 0 Å². The summed E-state index contributed by atoms with van der Waals surface area (Å²) >= 11 is 0. The molecule has 0 bridgehead atoms. The Morgan fingerprint density at radius 2 is 2.07 bits per heavy atom. The van der Waals surface area contributed by atoms with Gasteiger partial charge >= 0.3 is 0 Å². The SMILES string of the molecule is Cc1cc(C)nc(NC2CCCC2C)c1. The van der Waals surface area contributed by atoms with E-state index in [0.29, 0.717) is 6.04 Å². The average molecular weight is 204 g/mol. The summed E-state index contributed by atoms with van der Waals surface area (Å²) in [5, 5.41) is 3.56. The monoisotopic (exact) mass is 204 g/mol. The van der Waals surface area contributed by atoms with Gasteiger partial charge in [-0.1, -0.05) is 13.3 Å². The lowest BCUT2D eigenvalue weighted by Gasteiger charge is -2.18. The van der Waals surface area contributed by atoms with Crippen molar-refractivity contribution in [3.63, 3.8) is 0 Å². The normalized spacial score (nSPS) is 25.5. The molecule has 0 aliphatic heterocycles. The van der Waals surface area contributed by atoms with Crippen LogP contribution < -0.4 is 5.32 Å². The van der Waals surface area contributed by atoms with Crippen molar-refractivity contribution in [2.24, 2.45) is 5.92 Å². The van der Waals surface area contributed by atoms with Crippen LogP contribution in [0.4, 0.5) is 5.82 Å². The molecule has 1 aliphatic rings. The summed E-state index contributed by atoms with van der Waals surface area (Å²) in [6.45, 7) is 6.50. The molecule has 1 aromatic heterocycles. The van der Waals surface area contributed by atoms with Crippen LogP contribution in [0, 0.1) is 19.8 Å². The van der Waals surface area contributed by atoms with E-state index in [1.165, 1.54) is 24.8 Å². The van der Waals surface area contributed by atoms with Crippen LogP contribution in [0.2, 0.25) is 0 Å². The van der Waals surface area contributed by atoms with Crippen LogP contribution in [-0.2, 0) is 0 Å². The quantitative estimate of drug-likeness (QED) is 0.799. The molecule has 0 saturated heterocycles. The van der Waals surface area contributed by atoms with Crippen LogP contribution in [0.1, 0.15) is 37.4 Å². The molecule has 82 valence electrons. The molecular weight excluding hydrogens is 184 g/mol. The van der Waals surface area contributed by atoms with E-state index in [1.807, 2.05) is 0 Å². The van der Waals surface area contributed by atoms with E-state index in [4.69, 9.17) is 0 Å². The molecule has 0 amide bonds. The Labute approximate surface area is 92.1 Å². The number of rotatable bonds is 2. The first kappa shape index (κ1) is 10.5.